The number of nitrogens with zero attached hydrogens (tertiary/aromatic N) is 1. The van der Waals surface area contributed by atoms with Gasteiger partial charge in [0.2, 0.25) is 11.8 Å². The van der Waals surface area contributed by atoms with Crippen LogP contribution in [-0.2, 0) is 20.9 Å². The molecule has 0 radical (unpaired) electrons. The van der Waals surface area contributed by atoms with Crippen LogP contribution in [0, 0.1) is 5.92 Å². The van der Waals surface area contributed by atoms with Crippen molar-refractivity contribution in [3.63, 3.8) is 0 Å². The van der Waals surface area contributed by atoms with Gasteiger partial charge in [0.25, 0.3) is 0 Å². The molecule has 0 aromatic heterocycles. The predicted octanol–water partition coefficient (Wildman–Crippen LogP) is 0.0922. The Balaban J connectivity index is 1.44. The summed E-state index contributed by atoms with van der Waals surface area (Å²) >= 11 is 0. The molecule has 2 saturated heterocycles. The number of hydrogen-bond acceptors (Lipinski definition) is 6. The first-order valence-corrected chi connectivity index (χ1v) is 9.78. The van der Waals surface area contributed by atoms with Crippen LogP contribution < -0.4 is 10.6 Å². The summed E-state index contributed by atoms with van der Waals surface area (Å²) in [6.07, 6.45) is -2.46. The highest BCUT2D eigenvalue weighted by atomic mass is 16.5. The van der Waals surface area contributed by atoms with Gasteiger partial charge in [-0.15, -0.1) is 0 Å². The van der Waals surface area contributed by atoms with Gasteiger partial charge in [-0.1, -0.05) is 42.5 Å². The SMILES string of the molecule is O=C(NCc1cccc2ccccc12)C1CN([C@H]2C[C@H](O)[C@@H](CO)O2)C(=O)NC1=O. The number of aliphatic hydroxyl groups is 2. The largest absolute Gasteiger partial charge is 0.394 e. The molecule has 9 nitrogen and oxygen atoms in total. The van der Waals surface area contributed by atoms with Crippen molar-refractivity contribution in [3.05, 3.63) is 48.0 Å². The van der Waals surface area contributed by atoms with Crippen molar-refractivity contribution >= 4 is 28.6 Å². The quantitative estimate of drug-likeness (QED) is 0.515. The molecule has 0 spiro atoms. The van der Waals surface area contributed by atoms with Crippen molar-refractivity contribution in [3.8, 4) is 0 Å². The van der Waals surface area contributed by atoms with Crippen molar-refractivity contribution < 1.29 is 29.3 Å². The Morgan fingerprint density at radius 1 is 1.20 bits per heavy atom. The summed E-state index contributed by atoms with van der Waals surface area (Å²) in [6.45, 7) is -0.314. The van der Waals surface area contributed by atoms with Crippen LogP contribution in [0.5, 0.6) is 0 Å². The summed E-state index contributed by atoms with van der Waals surface area (Å²) in [5.74, 6) is -2.29. The van der Waals surface area contributed by atoms with Gasteiger partial charge in [-0.05, 0) is 16.3 Å². The monoisotopic (exact) mass is 413 g/mol. The van der Waals surface area contributed by atoms with Gasteiger partial charge in [0.05, 0.1) is 12.7 Å². The lowest BCUT2D eigenvalue weighted by atomic mass is 10.0. The van der Waals surface area contributed by atoms with Crippen LogP contribution in [0.1, 0.15) is 12.0 Å². The maximum absolute atomic E-state index is 12.7. The number of carbonyl (C=O) groups is 3. The summed E-state index contributed by atoms with van der Waals surface area (Å²) in [5.41, 5.74) is 0.915. The van der Waals surface area contributed by atoms with E-state index in [1.165, 1.54) is 4.90 Å². The van der Waals surface area contributed by atoms with Gasteiger partial charge < -0.3 is 20.3 Å². The Labute approximate surface area is 172 Å². The molecule has 4 atom stereocenters. The van der Waals surface area contributed by atoms with Gasteiger partial charge in [-0.25, -0.2) is 4.79 Å². The minimum Gasteiger partial charge on any atom is -0.394 e. The lowest BCUT2D eigenvalue weighted by Crippen LogP contribution is -2.60. The molecule has 0 saturated carbocycles. The van der Waals surface area contributed by atoms with E-state index >= 15 is 0 Å². The van der Waals surface area contributed by atoms with Gasteiger partial charge in [0, 0.05) is 19.5 Å². The molecule has 4 rings (SSSR count). The van der Waals surface area contributed by atoms with Crippen LogP contribution >= 0.6 is 0 Å². The molecule has 2 heterocycles. The molecule has 9 heteroatoms. The molecule has 2 aromatic rings. The van der Waals surface area contributed by atoms with E-state index in [1.54, 1.807) is 0 Å². The van der Waals surface area contributed by atoms with E-state index < -0.39 is 42.2 Å². The highest BCUT2D eigenvalue weighted by Gasteiger charge is 2.44. The van der Waals surface area contributed by atoms with Crippen LogP contribution in [0.4, 0.5) is 4.79 Å². The van der Waals surface area contributed by atoms with Crippen LogP contribution in [0.3, 0.4) is 0 Å². The molecule has 158 valence electrons. The summed E-state index contributed by atoms with van der Waals surface area (Å²) in [6, 6.07) is 12.9. The number of fused-ring (bicyclic) bond motifs is 1. The van der Waals surface area contributed by atoms with Crippen LogP contribution in [0.15, 0.2) is 42.5 Å². The van der Waals surface area contributed by atoms with Crippen LogP contribution in [0.25, 0.3) is 10.8 Å². The molecule has 30 heavy (non-hydrogen) atoms. The van der Waals surface area contributed by atoms with E-state index in [-0.39, 0.29) is 26.1 Å². The predicted molar refractivity (Wildman–Crippen MR) is 106 cm³/mol. The Morgan fingerprint density at radius 2 is 1.97 bits per heavy atom. The molecular weight excluding hydrogens is 390 g/mol. The first-order valence-electron chi connectivity index (χ1n) is 9.78. The Hall–Kier alpha value is -3.01. The number of benzene rings is 2. The highest BCUT2D eigenvalue weighted by Crippen LogP contribution is 2.26. The number of amides is 4. The number of aliphatic hydroxyl groups excluding tert-OH is 2. The zero-order valence-electron chi connectivity index (χ0n) is 16.2. The molecule has 2 fully saturated rings. The number of ether oxygens (including phenoxy) is 1. The third kappa shape index (κ3) is 3.87. The van der Waals surface area contributed by atoms with Gasteiger partial charge >= 0.3 is 6.03 Å². The fourth-order valence-corrected chi connectivity index (χ4v) is 3.90. The number of urea groups is 1. The molecule has 4 N–H and O–H groups in total. The van der Waals surface area contributed by atoms with Crippen molar-refractivity contribution in [2.45, 2.75) is 31.4 Å². The maximum Gasteiger partial charge on any atom is 0.326 e. The number of rotatable bonds is 5. The maximum atomic E-state index is 12.7. The fourth-order valence-electron chi connectivity index (χ4n) is 3.90. The van der Waals surface area contributed by atoms with Gasteiger partial charge in [0.1, 0.15) is 18.2 Å². The second-order valence-corrected chi connectivity index (χ2v) is 7.47. The zero-order valence-corrected chi connectivity index (χ0v) is 16.2. The van der Waals surface area contributed by atoms with E-state index in [9.17, 15) is 24.6 Å². The van der Waals surface area contributed by atoms with Crippen molar-refractivity contribution in [2.24, 2.45) is 5.92 Å². The highest BCUT2D eigenvalue weighted by molar-refractivity contribution is 6.08. The van der Waals surface area contributed by atoms with Gasteiger partial charge in [0.15, 0.2) is 0 Å². The Morgan fingerprint density at radius 3 is 2.73 bits per heavy atom. The van der Waals surface area contributed by atoms with Gasteiger partial charge in [-0.2, -0.15) is 0 Å². The summed E-state index contributed by atoms with van der Waals surface area (Å²) < 4.78 is 5.50. The lowest BCUT2D eigenvalue weighted by molar-refractivity contribution is -0.139. The molecule has 2 aromatic carbocycles. The molecule has 2 aliphatic rings. The zero-order chi connectivity index (χ0) is 21.3. The molecular formula is C21H23N3O6. The van der Waals surface area contributed by atoms with E-state index in [4.69, 9.17) is 4.74 Å². The van der Waals surface area contributed by atoms with E-state index in [0.29, 0.717) is 0 Å². The van der Waals surface area contributed by atoms with Crippen molar-refractivity contribution in [1.82, 2.24) is 15.5 Å². The van der Waals surface area contributed by atoms with Gasteiger partial charge in [-0.3, -0.25) is 19.8 Å². The fraction of sp³-hybridized carbons (Fsp3) is 0.381. The molecule has 0 aliphatic carbocycles. The van der Waals surface area contributed by atoms with E-state index in [0.717, 1.165) is 16.3 Å². The first-order chi connectivity index (χ1) is 14.5. The molecule has 4 amide bonds. The van der Waals surface area contributed by atoms with E-state index in [2.05, 4.69) is 10.6 Å². The standard InChI is InChI=1S/C21H23N3O6/c25-11-17-16(26)8-18(30-17)24-10-15(20(28)23-21(24)29)19(27)22-9-13-6-3-5-12-4-1-2-7-14(12)13/h1-7,15-18,25-26H,8-11H2,(H,22,27)(H,23,28,29)/t15?,16-,17+,18+/m0/s1. The third-order valence-corrected chi connectivity index (χ3v) is 5.57. The van der Waals surface area contributed by atoms with Crippen molar-refractivity contribution in [2.75, 3.05) is 13.2 Å². The third-order valence-electron chi connectivity index (χ3n) is 5.57. The molecule has 2 aliphatic heterocycles. The lowest BCUT2D eigenvalue weighted by Gasteiger charge is -2.34. The number of hydrogen-bond donors (Lipinski definition) is 4. The minimum atomic E-state index is -1.11. The second kappa shape index (κ2) is 8.39. The molecule has 1 unspecified atom stereocenters. The van der Waals surface area contributed by atoms with E-state index in [1.807, 2.05) is 42.5 Å². The normalized spacial score (nSPS) is 26.7. The first kappa shape index (κ1) is 20.3. The van der Waals surface area contributed by atoms with Crippen molar-refractivity contribution in [1.29, 1.82) is 0 Å². The summed E-state index contributed by atoms with van der Waals surface area (Å²) in [5, 5.41) is 26.2. The smallest absolute Gasteiger partial charge is 0.326 e. The summed E-state index contributed by atoms with van der Waals surface area (Å²) in [7, 11) is 0. The van der Waals surface area contributed by atoms with Crippen LogP contribution in [0.2, 0.25) is 0 Å². The number of nitrogens with one attached hydrogen (secondary N) is 2. The Kier molecular flexibility index (Phi) is 5.67. The average molecular weight is 413 g/mol. The average Bonchev–Trinajstić information content (AvgIpc) is 3.12. The molecule has 0 bridgehead atoms. The topological polar surface area (TPSA) is 128 Å². The minimum absolute atomic E-state index is 0.0944. The number of imide groups is 1. The second-order valence-electron chi connectivity index (χ2n) is 7.47. The van der Waals surface area contributed by atoms with Crippen LogP contribution in [-0.4, -0.2) is 64.5 Å². The summed E-state index contributed by atoms with van der Waals surface area (Å²) in [4.78, 5) is 38.4. The Bertz CT molecular complexity index is 975. The number of carbonyl (C=O) groups excluding carboxylic acids is 3.